The van der Waals surface area contributed by atoms with Crippen molar-refractivity contribution in [2.24, 2.45) is 0 Å². The standard InChI is InChI=1S/C13H15FN2O3/c1-8-11(13(18)19)15-5-6-16(8)12(17)9-3-2-4-10(14)7-9/h2-4,7-8,11,15H,5-6H2,1H3,(H,18,19). The van der Waals surface area contributed by atoms with Gasteiger partial charge in [-0.15, -0.1) is 0 Å². The minimum Gasteiger partial charge on any atom is -0.480 e. The van der Waals surface area contributed by atoms with E-state index in [0.717, 1.165) is 6.07 Å². The highest BCUT2D eigenvalue weighted by atomic mass is 19.1. The van der Waals surface area contributed by atoms with Crippen molar-refractivity contribution < 1.29 is 19.1 Å². The fourth-order valence-corrected chi connectivity index (χ4v) is 2.26. The van der Waals surface area contributed by atoms with E-state index < -0.39 is 23.9 Å². The largest absolute Gasteiger partial charge is 0.480 e. The van der Waals surface area contributed by atoms with Gasteiger partial charge in [0, 0.05) is 18.7 Å². The molecule has 5 nitrogen and oxygen atoms in total. The number of carbonyl (C=O) groups is 2. The maximum absolute atomic E-state index is 13.1. The molecule has 1 aromatic rings. The number of hydrogen-bond acceptors (Lipinski definition) is 3. The molecule has 2 rings (SSSR count). The summed E-state index contributed by atoms with van der Waals surface area (Å²) in [6, 6.07) is 4.12. The molecule has 0 aliphatic carbocycles. The SMILES string of the molecule is CC1C(C(=O)O)NCCN1C(=O)c1cccc(F)c1. The Labute approximate surface area is 110 Å². The van der Waals surface area contributed by atoms with Crippen LogP contribution in [0.3, 0.4) is 0 Å². The summed E-state index contributed by atoms with van der Waals surface area (Å²) >= 11 is 0. The number of nitrogens with zero attached hydrogens (tertiary/aromatic N) is 1. The number of piperazine rings is 1. The molecule has 1 saturated heterocycles. The van der Waals surface area contributed by atoms with Crippen LogP contribution in [0.2, 0.25) is 0 Å². The Morgan fingerprint density at radius 3 is 2.84 bits per heavy atom. The molecule has 1 heterocycles. The molecule has 102 valence electrons. The fraction of sp³-hybridized carbons (Fsp3) is 0.385. The van der Waals surface area contributed by atoms with Gasteiger partial charge in [0.1, 0.15) is 11.9 Å². The molecule has 2 unspecified atom stereocenters. The number of rotatable bonds is 2. The summed E-state index contributed by atoms with van der Waals surface area (Å²) in [4.78, 5) is 24.8. The molecule has 6 heteroatoms. The maximum Gasteiger partial charge on any atom is 0.322 e. The Morgan fingerprint density at radius 1 is 1.47 bits per heavy atom. The van der Waals surface area contributed by atoms with Crippen LogP contribution in [-0.2, 0) is 4.79 Å². The first-order chi connectivity index (χ1) is 9.00. The van der Waals surface area contributed by atoms with Crippen LogP contribution in [-0.4, -0.2) is 47.1 Å². The first kappa shape index (κ1) is 13.5. The normalized spacial score (nSPS) is 23.2. The summed E-state index contributed by atoms with van der Waals surface area (Å²) in [6.45, 7) is 2.48. The van der Waals surface area contributed by atoms with Crippen LogP contribution in [0.5, 0.6) is 0 Å². The van der Waals surface area contributed by atoms with Crippen LogP contribution in [0, 0.1) is 5.82 Å². The Hall–Kier alpha value is -1.95. The van der Waals surface area contributed by atoms with Crippen LogP contribution in [0.25, 0.3) is 0 Å². The second kappa shape index (κ2) is 5.36. The molecular weight excluding hydrogens is 251 g/mol. The lowest BCUT2D eigenvalue weighted by Crippen LogP contribution is -2.61. The van der Waals surface area contributed by atoms with Crippen LogP contribution < -0.4 is 5.32 Å². The van der Waals surface area contributed by atoms with Crippen molar-refractivity contribution in [1.29, 1.82) is 0 Å². The van der Waals surface area contributed by atoms with Crippen molar-refractivity contribution in [3.05, 3.63) is 35.6 Å². The third-order valence-electron chi connectivity index (χ3n) is 3.29. The highest BCUT2D eigenvalue weighted by Crippen LogP contribution is 2.15. The number of carboxylic acids is 1. The lowest BCUT2D eigenvalue weighted by Gasteiger charge is -2.38. The average molecular weight is 266 g/mol. The summed E-state index contributed by atoms with van der Waals surface area (Å²) in [5, 5.41) is 11.9. The van der Waals surface area contributed by atoms with E-state index in [1.54, 1.807) is 6.92 Å². The molecule has 19 heavy (non-hydrogen) atoms. The molecule has 0 radical (unpaired) electrons. The zero-order valence-corrected chi connectivity index (χ0v) is 10.5. The number of aliphatic carboxylic acids is 1. The molecule has 1 aromatic carbocycles. The molecule has 1 fully saturated rings. The van der Waals surface area contributed by atoms with Crippen LogP contribution in [0.4, 0.5) is 4.39 Å². The van der Waals surface area contributed by atoms with E-state index >= 15 is 0 Å². The summed E-state index contributed by atoms with van der Waals surface area (Å²) in [5.74, 6) is -1.83. The van der Waals surface area contributed by atoms with Gasteiger partial charge in [0.2, 0.25) is 0 Å². The van der Waals surface area contributed by atoms with Gasteiger partial charge < -0.3 is 15.3 Å². The predicted molar refractivity (Wildman–Crippen MR) is 66.3 cm³/mol. The highest BCUT2D eigenvalue weighted by Gasteiger charge is 2.35. The molecular formula is C13H15FN2O3. The van der Waals surface area contributed by atoms with Gasteiger partial charge in [0.15, 0.2) is 0 Å². The quantitative estimate of drug-likeness (QED) is 0.827. The van der Waals surface area contributed by atoms with E-state index in [2.05, 4.69) is 5.32 Å². The van der Waals surface area contributed by atoms with Crippen molar-refractivity contribution in [1.82, 2.24) is 10.2 Å². The summed E-state index contributed by atoms with van der Waals surface area (Å²) in [7, 11) is 0. The zero-order valence-electron chi connectivity index (χ0n) is 10.5. The molecule has 2 atom stereocenters. The van der Waals surface area contributed by atoms with Crippen molar-refractivity contribution in [3.63, 3.8) is 0 Å². The number of carboxylic acid groups (broad SMARTS) is 1. The van der Waals surface area contributed by atoms with Gasteiger partial charge >= 0.3 is 5.97 Å². The molecule has 2 N–H and O–H groups in total. The second-order valence-corrected chi connectivity index (χ2v) is 4.52. The van der Waals surface area contributed by atoms with E-state index in [4.69, 9.17) is 5.11 Å². The van der Waals surface area contributed by atoms with E-state index in [9.17, 15) is 14.0 Å². The molecule has 0 saturated carbocycles. The van der Waals surface area contributed by atoms with Gasteiger partial charge in [0.25, 0.3) is 5.91 Å². The van der Waals surface area contributed by atoms with E-state index in [1.165, 1.54) is 23.1 Å². The Morgan fingerprint density at radius 2 is 2.21 bits per heavy atom. The van der Waals surface area contributed by atoms with Crippen molar-refractivity contribution >= 4 is 11.9 Å². The topological polar surface area (TPSA) is 69.6 Å². The summed E-state index contributed by atoms with van der Waals surface area (Å²) in [5.41, 5.74) is 0.234. The number of amides is 1. The summed E-state index contributed by atoms with van der Waals surface area (Å²) in [6.07, 6.45) is 0. The van der Waals surface area contributed by atoms with Crippen LogP contribution in [0.15, 0.2) is 24.3 Å². The monoisotopic (exact) mass is 266 g/mol. The molecule has 0 spiro atoms. The van der Waals surface area contributed by atoms with Gasteiger partial charge in [-0.3, -0.25) is 9.59 Å². The smallest absolute Gasteiger partial charge is 0.322 e. The second-order valence-electron chi connectivity index (χ2n) is 4.52. The van der Waals surface area contributed by atoms with Gasteiger partial charge in [-0.25, -0.2) is 4.39 Å². The third kappa shape index (κ3) is 2.73. The Bertz CT molecular complexity index is 506. The highest BCUT2D eigenvalue weighted by molar-refractivity contribution is 5.95. The number of carbonyl (C=O) groups excluding carboxylic acids is 1. The third-order valence-corrected chi connectivity index (χ3v) is 3.29. The van der Waals surface area contributed by atoms with Gasteiger partial charge in [0.05, 0.1) is 6.04 Å². The van der Waals surface area contributed by atoms with Gasteiger partial charge in [-0.05, 0) is 25.1 Å². The Kier molecular flexibility index (Phi) is 3.80. The lowest BCUT2D eigenvalue weighted by molar-refractivity contribution is -0.141. The van der Waals surface area contributed by atoms with Crippen molar-refractivity contribution in [2.45, 2.75) is 19.0 Å². The van der Waals surface area contributed by atoms with E-state index in [0.29, 0.717) is 13.1 Å². The minimum atomic E-state index is -0.996. The van der Waals surface area contributed by atoms with Crippen LogP contribution >= 0.6 is 0 Å². The minimum absolute atomic E-state index is 0.234. The van der Waals surface area contributed by atoms with E-state index in [1.807, 2.05) is 0 Å². The van der Waals surface area contributed by atoms with Crippen LogP contribution in [0.1, 0.15) is 17.3 Å². The van der Waals surface area contributed by atoms with Crippen molar-refractivity contribution in [2.75, 3.05) is 13.1 Å². The van der Waals surface area contributed by atoms with Gasteiger partial charge in [-0.1, -0.05) is 6.07 Å². The number of hydrogen-bond donors (Lipinski definition) is 2. The first-order valence-corrected chi connectivity index (χ1v) is 6.03. The number of halogens is 1. The maximum atomic E-state index is 13.1. The molecule has 0 aromatic heterocycles. The number of benzene rings is 1. The molecule has 0 bridgehead atoms. The average Bonchev–Trinajstić information content (AvgIpc) is 2.38. The zero-order chi connectivity index (χ0) is 14.0. The van der Waals surface area contributed by atoms with Crippen molar-refractivity contribution in [3.8, 4) is 0 Å². The lowest BCUT2D eigenvalue weighted by atomic mass is 10.0. The predicted octanol–water partition coefficient (Wildman–Crippen LogP) is 0.713. The van der Waals surface area contributed by atoms with Gasteiger partial charge in [-0.2, -0.15) is 0 Å². The summed E-state index contributed by atoms with van der Waals surface area (Å²) < 4.78 is 13.1. The number of nitrogens with one attached hydrogen (secondary N) is 1. The first-order valence-electron chi connectivity index (χ1n) is 6.03. The molecule has 1 amide bonds. The fourth-order valence-electron chi connectivity index (χ4n) is 2.26. The Balaban J connectivity index is 2.21. The molecule has 1 aliphatic heterocycles. The van der Waals surface area contributed by atoms with E-state index in [-0.39, 0.29) is 11.5 Å². The molecule has 1 aliphatic rings.